The zero-order valence-electron chi connectivity index (χ0n) is 8.85. The van der Waals surface area contributed by atoms with Crippen LogP contribution in [0.5, 0.6) is 0 Å². The van der Waals surface area contributed by atoms with Gasteiger partial charge < -0.3 is 5.11 Å². The molecule has 94 valence electrons. The second-order valence-electron chi connectivity index (χ2n) is 3.28. The maximum atomic E-state index is 13.1. The van der Waals surface area contributed by atoms with Gasteiger partial charge >= 0.3 is 5.97 Å². The Morgan fingerprint density at radius 1 is 1.56 bits per heavy atom. The zero-order valence-corrected chi connectivity index (χ0v) is 11.3. The van der Waals surface area contributed by atoms with Crippen LogP contribution in [0, 0.1) is 5.82 Å². The lowest BCUT2D eigenvalue weighted by Gasteiger charge is -1.97. The molecule has 0 spiro atoms. The van der Waals surface area contributed by atoms with Crippen LogP contribution >= 0.6 is 27.7 Å². The lowest BCUT2D eigenvalue weighted by molar-refractivity contribution is -0.133. The number of aromatic amines is 1. The Morgan fingerprint density at radius 3 is 3.00 bits per heavy atom. The molecule has 0 saturated carbocycles. The highest BCUT2D eigenvalue weighted by Gasteiger charge is 2.09. The maximum absolute atomic E-state index is 13.1. The summed E-state index contributed by atoms with van der Waals surface area (Å²) in [6, 6.07) is 4.44. The van der Waals surface area contributed by atoms with Gasteiger partial charge in [0.05, 0.1) is 10.2 Å². The SMILES string of the molecule is O=C(O)CSc1n[nH]c(-c2ccc(F)c(Br)c2)n1. The lowest BCUT2D eigenvalue weighted by atomic mass is 10.2. The Hall–Kier alpha value is -1.41. The molecule has 5 nitrogen and oxygen atoms in total. The third kappa shape index (κ3) is 3.08. The molecule has 0 bridgehead atoms. The minimum absolute atomic E-state index is 0.107. The number of H-pyrrole nitrogens is 1. The van der Waals surface area contributed by atoms with Gasteiger partial charge in [-0.3, -0.25) is 9.89 Å². The Balaban J connectivity index is 2.18. The summed E-state index contributed by atoms with van der Waals surface area (Å²) in [4.78, 5) is 14.5. The summed E-state index contributed by atoms with van der Waals surface area (Å²) in [6.45, 7) is 0. The van der Waals surface area contributed by atoms with Crippen molar-refractivity contribution < 1.29 is 14.3 Å². The van der Waals surface area contributed by atoms with E-state index in [0.29, 0.717) is 21.0 Å². The van der Waals surface area contributed by atoms with E-state index < -0.39 is 5.97 Å². The van der Waals surface area contributed by atoms with E-state index in [9.17, 15) is 9.18 Å². The first-order valence-corrected chi connectivity index (χ1v) is 6.56. The van der Waals surface area contributed by atoms with Gasteiger partial charge in [0, 0.05) is 5.56 Å². The monoisotopic (exact) mass is 331 g/mol. The van der Waals surface area contributed by atoms with Crippen molar-refractivity contribution in [2.24, 2.45) is 0 Å². The van der Waals surface area contributed by atoms with Crippen molar-refractivity contribution in [1.29, 1.82) is 0 Å². The number of rotatable bonds is 4. The molecule has 0 amide bonds. The number of benzene rings is 1. The van der Waals surface area contributed by atoms with Gasteiger partial charge in [-0.25, -0.2) is 9.37 Å². The van der Waals surface area contributed by atoms with E-state index in [2.05, 4.69) is 31.1 Å². The standard InChI is InChI=1S/C10H7BrFN3O2S/c11-6-3-5(1-2-7(6)12)9-13-10(15-14-9)18-4-8(16)17/h1-3H,4H2,(H,16,17)(H,13,14,15). The molecule has 18 heavy (non-hydrogen) atoms. The molecular formula is C10H7BrFN3O2S. The van der Waals surface area contributed by atoms with Gasteiger partial charge in [0.2, 0.25) is 5.16 Å². The van der Waals surface area contributed by atoms with E-state index >= 15 is 0 Å². The van der Waals surface area contributed by atoms with Crippen LogP contribution in [-0.2, 0) is 4.79 Å². The van der Waals surface area contributed by atoms with Crippen LogP contribution in [0.1, 0.15) is 0 Å². The van der Waals surface area contributed by atoms with Crippen molar-refractivity contribution in [2.75, 3.05) is 5.75 Å². The van der Waals surface area contributed by atoms with E-state index in [-0.39, 0.29) is 11.6 Å². The lowest BCUT2D eigenvalue weighted by Crippen LogP contribution is -1.97. The first-order chi connectivity index (χ1) is 8.56. The molecule has 2 rings (SSSR count). The van der Waals surface area contributed by atoms with Crippen LogP contribution in [0.3, 0.4) is 0 Å². The van der Waals surface area contributed by atoms with Crippen molar-refractivity contribution in [1.82, 2.24) is 15.2 Å². The number of aromatic nitrogens is 3. The van der Waals surface area contributed by atoms with Crippen molar-refractivity contribution >= 4 is 33.7 Å². The fourth-order valence-electron chi connectivity index (χ4n) is 1.21. The van der Waals surface area contributed by atoms with Gasteiger partial charge in [0.25, 0.3) is 0 Å². The molecule has 0 atom stereocenters. The molecule has 0 aliphatic rings. The largest absolute Gasteiger partial charge is 0.481 e. The van der Waals surface area contributed by atoms with Crippen molar-refractivity contribution in [2.45, 2.75) is 5.16 Å². The van der Waals surface area contributed by atoms with Gasteiger partial charge in [-0.05, 0) is 34.1 Å². The third-order valence-electron chi connectivity index (χ3n) is 1.98. The third-order valence-corrected chi connectivity index (χ3v) is 3.42. The second-order valence-corrected chi connectivity index (χ2v) is 5.07. The summed E-state index contributed by atoms with van der Waals surface area (Å²) in [5, 5.41) is 15.4. The van der Waals surface area contributed by atoms with Gasteiger partial charge in [-0.2, -0.15) is 0 Å². The van der Waals surface area contributed by atoms with E-state index in [4.69, 9.17) is 5.11 Å². The molecule has 0 aliphatic heterocycles. The van der Waals surface area contributed by atoms with Crippen LogP contribution in [-0.4, -0.2) is 32.0 Å². The normalized spacial score (nSPS) is 10.6. The fourth-order valence-corrected chi connectivity index (χ4v) is 2.11. The van der Waals surface area contributed by atoms with Crippen LogP contribution in [0.25, 0.3) is 11.4 Å². The number of carbonyl (C=O) groups is 1. The number of carboxylic acids is 1. The second kappa shape index (κ2) is 5.49. The van der Waals surface area contributed by atoms with Gasteiger partial charge in [-0.1, -0.05) is 11.8 Å². The van der Waals surface area contributed by atoms with E-state index in [1.54, 1.807) is 12.1 Å². The highest BCUT2D eigenvalue weighted by atomic mass is 79.9. The van der Waals surface area contributed by atoms with Crippen LogP contribution < -0.4 is 0 Å². The van der Waals surface area contributed by atoms with Gasteiger partial charge in [0.15, 0.2) is 5.82 Å². The summed E-state index contributed by atoms with van der Waals surface area (Å²) >= 11 is 4.09. The summed E-state index contributed by atoms with van der Waals surface area (Å²) in [5.41, 5.74) is 0.665. The quantitative estimate of drug-likeness (QED) is 0.842. The number of carboxylic acid groups (broad SMARTS) is 1. The van der Waals surface area contributed by atoms with Crippen molar-refractivity contribution in [3.8, 4) is 11.4 Å². The number of aliphatic carboxylic acids is 1. The molecule has 8 heteroatoms. The molecule has 2 N–H and O–H groups in total. The van der Waals surface area contributed by atoms with E-state index in [1.165, 1.54) is 6.07 Å². The van der Waals surface area contributed by atoms with Crippen molar-refractivity contribution in [3.63, 3.8) is 0 Å². The first kappa shape index (κ1) is 13.0. The predicted molar refractivity (Wildman–Crippen MR) is 67.8 cm³/mol. The number of hydrogen-bond acceptors (Lipinski definition) is 4. The maximum Gasteiger partial charge on any atom is 0.313 e. The number of halogens is 2. The van der Waals surface area contributed by atoms with E-state index in [0.717, 1.165) is 11.8 Å². The minimum Gasteiger partial charge on any atom is -0.481 e. The van der Waals surface area contributed by atoms with Crippen LogP contribution in [0.15, 0.2) is 27.8 Å². The Morgan fingerprint density at radius 2 is 2.33 bits per heavy atom. The molecule has 1 heterocycles. The van der Waals surface area contributed by atoms with E-state index in [1.807, 2.05) is 0 Å². The molecule has 0 radical (unpaired) electrons. The fraction of sp³-hybridized carbons (Fsp3) is 0.100. The minimum atomic E-state index is -0.934. The van der Waals surface area contributed by atoms with Gasteiger partial charge in [0.1, 0.15) is 5.82 Å². The highest BCUT2D eigenvalue weighted by molar-refractivity contribution is 9.10. The summed E-state index contributed by atoms with van der Waals surface area (Å²) in [6.07, 6.45) is 0. The first-order valence-electron chi connectivity index (χ1n) is 4.78. The average Bonchev–Trinajstić information content (AvgIpc) is 2.79. The Labute approximate surface area is 114 Å². The summed E-state index contributed by atoms with van der Waals surface area (Å²) in [5.74, 6) is -0.942. The Kier molecular flexibility index (Phi) is 3.97. The molecule has 1 aromatic heterocycles. The molecule has 2 aromatic rings. The number of nitrogens with zero attached hydrogens (tertiary/aromatic N) is 2. The number of nitrogens with one attached hydrogen (secondary N) is 1. The smallest absolute Gasteiger partial charge is 0.313 e. The summed E-state index contributed by atoms with van der Waals surface area (Å²) < 4.78 is 13.4. The van der Waals surface area contributed by atoms with Gasteiger partial charge in [-0.15, -0.1) is 5.10 Å². The topological polar surface area (TPSA) is 78.9 Å². The van der Waals surface area contributed by atoms with Crippen LogP contribution in [0.2, 0.25) is 0 Å². The Bertz CT molecular complexity index is 590. The molecule has 0 unspecified atom stereocenters. The zero-order chi connectivity index (χ0) is 13.1. The molecule has 1 aromatic carbocycles. The molecule has 0 fully saturated rings. The van der Waals surface area contributed by atoms with Crippen molar-refractivity contribution in [3.05, 3.63) is 28.5 Å². The average molecular weight is 332 g/mol. The molecule has 0 aliphatic carbocycles. The molecule has 0 saturated heterocycles. The van der Waals surface area contributed by atoms with Crippen LogP contribution in [0.4, 0.5) is 4.39 Å². The molecular weight excluding hydrogens is 325 g/mol. The number of thioether (sulfide) groups is 1. The highest BCUT2D eigenvalue weighted by Crippen LogP contribution is 2.24. The number of hydrogen-bond donors (Lipinski definition) is 2. The summed E-state index contributed by atoms with van der Waals surface area (Å²) in [7, 11) is 0. The predicted octanol–water partition coefficient (Wildman–Crippen LogP) is 2.55.